The zero-order valence-electron chi connectivity index (χ0n) is 15.2. The molecule has 140 valence electrons. The number of likely N-dealkylation sites (tertiary alicyclic amines) is 1. The molecule has 2 rings (SSSR count). The highest BCUT2D eigenvalue weighted by atomic mass is 19.3. The largest absolute Gasteiger partial charge is 0.444 e. The average molecular weight is 349 g/mol. The van der Waals surface area contributed by atoms with Crippen LogP contribution in [-0.4, -0.2) is 72.6 Å². The van der Waals surface area contributed by atoms with E-state index in [4.69, 9.17) is 4.74 Å². The van der Waals surface area contributed by atoms with Crippen molar-refractivity contribution in [2.24, 2.45) is 5.92 Å². The summed E-state index contributed by atoms with van der Waals surface area (Å²) >= 11 is 0. The Morgan fingerprint density at radius 1 is 1.12 bits per heavy atom. The molecule has 1 unspecified atom stereocenters. The molecule has 2 aliphatic rings. The Morgan fingerprint density at radius 2 is 1.67 bits per heavy atom. The topological polar surface area (TPSA) is 61.9 Å². The fourth-order valence-electron chi connectivity index (χ4n) is 2.61. The van der Waals surface area contributed by atoms with Gasteiger partial charge in [-0.2, -0.15) is 0 Å². The van der Waals surface area contributed by atoms with Gasteiger partial charge in [0.1, 0.15) is 11.5 Å². The molecule has 1 N–H and O–H groups in total. The quantitative estimate of drug-likeness (QED) is 0.786. The highest BCUT2D eigenvalue weighted by molar-refractivity contribution is 5.82. The van der Waals surface area contributed by atoms with Gasteiger partial charge in [-0.25, -0.2) is 13.6 Å². The molecule has 2 aliphatic heterocycles. The van der Waals surface area contributed by atoms with Gasteiger partial charge in [-0.3, -0.25) is 4.79 Å². The standard InChI is InChI=1S/C14H23F2N3O3.C2H6/c1-13(2,3)22-12(21)19-8-10(14(15,16)9-19)11(20)18-6-4-17-5-7-18;1-2/h10,17H,4-9H2,1-3H3;1-2H3. The summed E-state index contributed by atoms with van der Waals surface area (Å²) in [5, 5.41) is 3.07. The number of alkyl halides is 2. The number of piperazine rings is 1. The summed E-state index contributed by atoms with van der Waals surface area (Å²) in [5.41, 5.74) is -0.757. The molecule has 0 saturated carbocycles. The molecule has 8 heteroatoms. The minimum absolute atomic E-state index is 0.301. The first-order valence-electron chi connectivity index (χ1n) is 8.45. The molecule has 0 spiro atoms. The summed E-state index contributed by atoms with van der Waals surface area (Å²) in [7, 11) is 0. The summed E-state index contributed by atoms with van der Waals surface area (Å²) in [6.45, 7) is 9.96. The van der Waals surface area contributed by atoms with Crippen LogP contribution in [0.25, 0.3) is 0 Å². The molecule has 24 heavy (non-hydrogen) atoms. The maximum Gasteiger partial charge on any atom is 0.410 e. The van der Waals surface area contributed by atoms with Gasteiger partial charge in [0.05, 0.1) is 6.54 Å². The molecular weight excluding hydrogens is 320 g/mol. The molecule has 2 saturated heterocycles. The zero-order valence-corrected chi connectivity index (χ0v) is 15.2. The lowest BCUT2D eigenvalue weighted by atomic mass is 10.0. The van der Waals surface area contributed by atoms with Gasteiger partial charge in [0.2, 0.25) is 5.91 Å². The second-order valence-electron chi connectivity index (χ2n) is 6.75. The number of hydrogen-bond acceptors (Lipinski definition) is 4. The Labute approximate surface area is 142 Å². The minimum Gasteiger partial charge on any atom is -0.444 e. The Bertz CT molecular complexity index is 446. The van der Waals surface area contributed by atoms with E-state index < -0.39 is 36.0 Å². The Morgan fingerprint density at radius 3 is 2.17 bits per heavy atom. The molecule has 0 bridgehead atoms. The molecule has 2 fully saturated rings. The third-order valence-corrected chi connectivity index (χ3v) is 3.69. The molecule has 2 heterocycles. The van der Waals surface area contributed by atoms with E-state index in [2.05, 4.69) is 5.32 Å². The van der Waals surface area contributed by atoms with E-state index in [-0.39, 0.29) is 6.54 Å². The van der Waals surface area contributed by atoms with E-state index in [1.54, 1.807) is 20.8 Å². The van der Waals surface area contributed by atoms with E-state index >= 15 is 0 Å². The fraction of sp³-hybridized carbons (Fsp3) is 0.875. The van der Waals surface area contributed by atoms with Gasteiger partial charge in [-0.1, -0.05) is 13.8 Å². The molecule has 0 aromatic rings. The summed E-state index contributed by atoms with van der Waals surface area (Å²) in [6, 6.07) is 0. The van der Waals surface area contributed by atoms with Gasteiger partial charge in [-0.05, 0) is 20.8 Å². The lowest BCUT2D eigenvalue weighted by Gasteiger charge is -2.30. The Balaban J connectivity index is 0.00000139. The van der Waals surface area contributed by atoms with Gasteiger partial charge in [0.25, 0.3) is 5.92 Å². The number of ether oxygens (including phenoxy) is 1. The smallest absolute Gasteiger partial charge is 0.410 e. The monoisotopic (exact) mass is 349 g/mol. The summed E-state index contributed by atoms with van der Waals surface area (Å²) in [5.74, 6) is -5.30. The zero-order chi connectivity index (χ0) is 18.5. The summed E-state index contributed by atoms with van der Waals surface area (Å²) in [6.07, 6.45) is -0.803. The number of carbonyl (C=O) groups excluding carboxylic acids is 2. The van der Waals surface area contributed by atoms with E-state index in [0.717, 1.165) is 4.90 Å². The predicted molar refractivity (Wildman–Crippen MR) is 87.0 cm³/mol. The number of carbonyl (C=O) groups is 2. The van der Waals surface area contributed by atoms with Crippen LogP contribution >= 0.6 is 0 Å². The van der Waals surface area contributed by atoms with Crippen molar-refractivity contribution in [1.29, 1.82) is 0 Å². The number of hydrogen-bond donors (Lipinski definition) is 1. The normalized spacial score (nSPS) is 23.4. The molecule has 2 amide bonds. The van der Waals surface area contributed by atoms with Gasteiger partial charge >= 0.3 is 6.09 Å². The fourth-order valence-corrected chi connectivity index (χ4v) is 2.61. The van der Waals surface area contributed by atoms with Crippen LogP contribution in [0.3, 0.4) is 0 Å². The van der Waals surface area contributed by atoms with E-state index in [1.807, 2.05) is 13.8 Å². The van der Waals surface area contributed by atoms with Crippen LogP contribution in [-0.2, 0) is 9.53 Å². The lowest BCUT2D eigenvalue weighted by Crippen LogP contribution is -2.51. The maximum atomic E-state index is 14.1. The van der Waals surface area contributed by atoms with Gasteiger partial charge < -0.3 is 19.9 Å². The molecule has 0 aliphatic carbocycles. The van der Waals surface area contributed by atoms with Crippen molar-refractivity contribution >= 4 is 12.0 Å². The first-order valence-corrected chi connectivity index (χ1v) is 8.45. The molecule has 1 atom stereocenters. The summed E-state index contributed by atoms with van der Waals surface area (Å²) < 4.78 is 33.4. The molecule has 0 radical (unpaired) electrons. The molecule has 6 nitrogen and oxygen atoms in total. The lowest BCUT2D eigenvalue weighted by molar-refractivity contribution is -0.145. The number of nitrogens with zero attached hydrogens (tertiary/aromatic N) is 2. The van der Waals surface area contributed by atoms with Crippen molar-refractivity contribution in [3.05, 3.63) is 0 Å². The van der Waals surface area contributed by atoms with Crippen molar-refractivity contribution in [2.75, 3.05) is 39.3 Å². The van der Waals surface area contributed by atoms with Crippen LogP contribution in [0.4, 0.5) is 13.6 Å². The SMILES string of the molecule is CC.CC(C)(C)OC(=O)N1CC(C(=O)N2CCNCC2)C(F)(F)C1. The minimum atomic E-state index is -3.22. The first-order chi connectivity index (χ1) is 11.1. The second kappa shape index (κ2) is 8.09. The van der Waals surface area contributed by atoms with Crippen LogP contribution in [0.5, 0.6) is 0 Å². The highest BCUT2D eigenvalue weighted by Crippen LogP contribution is 2.35. The van der Waals surface area contributed by atoms with E-state index in [9.17, 15) is 18.4 Å². The predicted octanol–water partition coefficient (Wildman–Crippen LogP) is 1.95. The number of rotatable bonds is 1. The molecule has 0 aromatic carbocycles. The van der Waals surface area contributed by atoms with Gasteiger partial charge in [0, 0.05) is 32.7 Å². The van der Waals surface area contributed by atoms with Crippen molar-refractivity contribution in [3.8, 4) is 0 Å². The highest BCUT2D eigenvalue weighted by Gasteiger charge is 2.54. The van der Waals surface area contributed by atoms with Crippen molar-refractivity contribution in [3.63, 3.8) is 0 Å². The second-order valence-corrected chi connectivity index (χ2v) is 6.75. The van der Waals surface area contributed by atoms with Crippen LogP contribution in [0, 0.1) is 5.92 Å². The van der Waals surface area contributed by atoms with Crippen LogP contribution < -0.4 is 5.32 Å². The average Bonchev–Trinajstić information content (AvgIpc) is 2.83. The Kier molecular flexibility index (Phi) is 6.95. The van der Waals surface area contributed by atoms with E-state index in [0.29, 0.717) is 26.2 Å². The van der Waals surface area contributed by atoms with E-state index in [1.165, 1.54) is 4.90 Å². The first kappa shape index (κ1) is 20.6. The van der Waals surface area contributed by atoms with Crippen LogP contribution in [0.1, 0.15) is 34.6 Å². The maximum absolute atomic E-state index is 14.1. The van der Waals surface area contributed by atoms with Gasteiger partial charge in [0.15, 0.2) is 0 Å². The van der Waals surface area contributed by atoms with Crippen LogP contribution in [0.15, 0.2) is 0 Å². The van der Waals surface area contributed by atoms with Gasteiger partial charge in [-0.15, -0.1) is 0 Å². The molecule has 0 aromatic heterocycles. The third kappa shape index (κ3) is 5.29. The van der Waals surface area contributed by atoms with Crippen molar-refractivity contribution in [1.82, 2.24) is 15.1 Å². The number of halogens is 2. The van der Waals surface area contributed by atoms with Crippen LogP contribution in [0.2, 0.25) is 0 Å². The van der Waals surface area contributed by atoms with Crippen molar-refractivity contribution in [2.45, 2.75) is 46.1 Å². The number of nitrogens with one attached hydrogen (secondary N) is 1. The summed E-state index contributed by atoms with van der Waals surface area (Å²) in [4.78, 5) is 26.6. The number of amides is 2. The molecular formula is C16H29F2N3O3. The Hall–Kier alpha value is -1.44. The van der Waals surface area contributed by atoms with Crippen molar-refractivity contribution < 1.29 is 23.1 Å². The third-order valence-electron chi connectivity index (χ3n) is 3.69.